The maximum Gasteiger partial charge on any atom is 0.230 e. The van der Waals surface area contributed by atoms with E-state index < -0.39 is 5.82 Å². The fourth-order valence-corrected chi connectivity index (χ4v) is 2.14. The van der Waals surface area contributed by atoms with Gasteiger partial charge in [0.25, 0.3) is 0 Å². The molecule has 1 amide bonds. The molecule has 20 heavy (non-hydrogen) atoms. The van der Waals surface area contributed by atoms with Gasteiger partial charge >= 0.3 is 0 Å². The molecule has 1 aromatic carbocycles. The number of pyridine rings is 1. The Balaban J connectivity index is 2.08. The normalized spacial score (nSPS) is 10.3. The number of nitrogens with one attached hydrogen (secondary N) is 1. The summed E-state index contributed by atoms with van der Waals surface area (Å²) in [5.41, 5.74) is 7.89. The van der Waals surface area contributed by atoms with E-state index in [0.717, 1.165) is 5.56 Å². The quantitative estimate of drug-likeness (QED) is 0.904. The number of anilines is 2. The molecule has 4 nitrogen and oxygen atoms in total. The number of benzene rings is 1. The highest BCUT2D eigenvalue weighted by molar-refractivity contribution is 9.10. The van der Waals surface area contributed by atoms with E-state index in [-0.39, 0.29) is 12.3 Å². The Bertz CT molecular complexity index is 644. The molecule has 3 N–H and O–H groups in total. The first-order valence-corrected chi connectivity index (χ1v) is 6.71. The van der Waals surface area contributed by atoms with E-state index >= 15 is 0 Å². The van der Waals surface area contributed by atoms with Crippen molar-refractivity contribution in [1.29, 1.82) is 0 Å². The molecule has 1 heterocycles. The highest BCUT2D eigenvalue weighted by Crippen LogP contribution is 2.24. The van der Waals surface area contributed by atoms with Crippen LogP contribution < -0.4 is 11.1 Å². The lowest BCUT2D eigenvalue weighted by molar-refractivity contribution is -0.115. The van der Waals surface area contributed by atoms with Gasteiger partial charge in [-0.3, -0.25) is 9.78 Å². The SMILES string of the molecule is Cc1cc(Br)c(F)cc1NC(=O)Cc1ccc(N)cn1. The van der Waals surface area contributed by atoms with Crippen LogP contribution in [0.3, 0.4) is 0 Å². The summed E-state index contributed by atoms with van der Waals surface area (Å²) >= 11 is 3.10. The minimum absolute atomic E-state index is 0.109. The predicted molar refractivity (Wildman–Crippen MR) is 79.8 cm³/mol. The summed E-state index contributed by atoms with van der Waals surface area (Å²) in [6.45, 7) is 1.79. The van der Waals surface area contributed by atoms with Crippen molar-refractivity contribution in [1.82, 2.24) is 4.98 Å². The van der Waals surface area contributed by atoms with Gasteiger partial charge in [-0.25, -0.2) is 4.39 Å². The smallest absolute Gasteiger partial charge is 0.230 e. The van der Waals surface area contributed by atoms with Crippen molar-refractivity contribution in [3.8, 4) is 0 Å². The highest BCUT2D eigenvalue weighted by atomic mass is 79.9. The summed E-state index contributed by atoms with van der Waals surface area (Å²) in [6, 6.07) is 6.27. The Kier molecular flexibility index (Phi) is 4.34. The van der Waals surface area contributed by atoms with Gasteiger partial charge in [0, 0.05) is 11.4 Å². The molecule has 0 aliphatic rings. The average Bonchev–Trinajstić information content (AvgIpc) is 2.39. The standard InChI is InChI=1S/C14H13BrFN3O/c1-8-4-11(15)12(16)6-13(8)19-14(20)5-10-3-2-9(17)7-18-10/h2-4,6-7H,5,17H2,1H3,(H,19,20). The first kappa shape index (κ1) is 14.5. The largest absolute Gasteiger partial charge is 0.397 e. The van der Waals surface area contributed by atoms with Gasteiger partial charge in [0.1, 0.15) is 5.82 Å². The molecule has 0 aliphatic carbocycles. The van der Waals surface area contributed by atoms with Crippen LogP contribution in [-0.4, -0.2) is 10.9 Å². The first-order valence-electron chi connectivity index (χ1n) is 5.91. The Morgan fingerprint density at radius 1 is 1.45 bits per heavy atom. The Hall–Kier alpha value is -1.95. The van der Waals surface area contributed by atoms with Crippen LogP contribution in [0.15, 0.2) is 34.9 Å². The number of hydrogen-bond acceptors (Lipinski definition) is 3. The number of aryl methyl sites for hydroxylation is 1. The Morgan fingerprint density at radius 2 is 2.20 bits per heavy atom. The number of aromatic nitrogens is 1. The third kappa shape index (κ3) is 3.54. The average molecular weight is 338 g/mol. The molecular formula is C14H13BrFN3O. The van der Waals surface area contributed by atoms with Crippen LogP contribution in [0.1, 0.15) is 11.3 Å². The van der Waals surface area contributed by atoms with Crippen molar-refractivity contribution >= 4 is 33.2 Å². The van der Waals surface area contributed by atoms with Crippen LogP contribution >= 0.6 is 15.9 Å². The predicted octanol–water partition coefficient (Wildman–Crippen LogP) is 3.06. The number of halogens is 2. The summed E-state index contributed by atoms with van der Waals surface area (Å²) < 4.78 is 13.8. The zero-order valence-electron chi connectivity index (χ0n) is 10.8. The number of carbonyl (C=O) groups excluding carboxylic acids is 1. The zero-order valence-corrected chi connectivity index (χ0v) is 12.4. The molecule has 0 fully saturated rings. The van der Waals surface area contributed by atoms with Crippen molar-refractivity contribution in [3.05, 3.63) is 52.0 Å². The number of nitrogens with two attached hydrogens (primary N) is 1. The molecule has 0 spiro atoms. The van der Waals surface area contributed by atoms with Crippen LogP contribution in [0.5, 0.6) is 0 Å². The van der Waals surface area contributed by atoms with E-state index in [1.807, 2.05) is 0 Å². The van der Waals surface area contributed by atoms with E-state index in [9.17, 15) is 9.18 Å². The fraction of sp³-hybridized carbons (Fsp3) is 0.143. The molecule has 0 radical (unpaired) electrons. The monoisotopic (exact) mass is 337 g/mol. The maximum absolute atomic E-state index is 13.5. The second kappa shape index (κ2) is 6.00. The van der Waals surface area contributed by atoms with Crippen molar-refractivity contribution in [3.63, 3.8) is 0 Å². The number of carbonyl (C=O) groups is 1. The minimum Gasteiger partial charge on any atom is -0.397 e. The molecule has 104 valence electrons. The molecular weight excluding hydrogens is 325 g/mol. The molecule has 2 rings (SSSR count). The van der Waals surface area contributed by atoms with Crippen LogP contribution in [0.25, 0.3) is 0 Å². The van der Waals surface area contributed by atoms with E-state index in [0.29, 0.717) is 21.5 Å². The number of nitrogens with zero attached hydrogens (tertiary/aromatic N) is 1. The molecule has 0 saturated heterocycles. The van der Waals surface area contributed by atoms with Crippen molar-refractivity contribution in [2.75, 3.05) is 11.1 Å². The molecule has 6 heteroatoms. The molecule has 0 aliphatic heterocycles. The first-order chi connectivity index (χ1) is 9.45. The molecule has 1 aromatic heterocycles. The number of nitrogen functional groups attached to an aromatic ring is 1. The van der Waals surface area contributed by atoms with Gasteiger partial charge < -0.3 is 11.1 Å². The summed E-state index contributed by atoms with van der Waals surface area (Å²) in [5.74, 6) is -0.677. The van der Waals surface area contributed by atoms with Gasteiger partial charge in [-0.1, -0.05) is 0 Å². The second-order valence-corrected chi connectivity index (χ2v) is 5.24. The minimum atomic E-state index is -0.420. The molecule has 0 bridgehead atoms. The number of rotatable bonds is 3. The van der Waals surface area contributed by atoms with Gasteiger partial charge in [0.05, 0.1) is 22.8 Å². The topological polar surface area (TPSA) is 68.0 Å². The van der Waals surface area contributed by atoms with Crippen molar-refractivity contribution < 1.29 is 9.18 Å². The Morgan fingerprint density at radius 3 is 2.85 bits per heavy atom. The van der Waals surface area contributed by atoms with E-state index in [1.54, 1.807) is 25.1 Å². The second-order valence-electron chi connectivity index (χ2n) is 4.39. The molecule has 2 aromatic rings. The van der Waals surface area contributed by atoms with E-state index in [2.05, 4.69) is 26.2 Å². The summed E-state index contributed by atoms with van der Waals surface area (Å²) in [7, 11) is 0. The van der Waals surface area contributed by atoms with Gasteiger partial charge in [-0.05, 0) is 52.7 Å². The van der Waals surface area contributed by atoms with E-state index in [4.69, 9.17) is 5.73 Å². The van der Waals surface area contributed by atoms with Crippen molar-refractivity contribution in [2.45, 2.75) is 13.3 Å². The number of amides is 1. The number of hydrogen-bond donors (Lipinski definition) is 2. The third-order valence-corrected chi connectivity index (χ3v) is 3.34. The van der Waals surface area contributed by atoms with Crippen LogP contribution in [-0.2, 0) is 11.2 Å². The lowest BCUT2D eigenvalue weighted by Gasteiger charge is -2.09. The van der Waals surface area contributed by atoms with Gasteiger partial charge in [-0.15, -0.1) is 0 Å². The molecule has 0 saturated carbocycles. The van der Waals surface area contributed by atoms with Crippen LogP contribution in [0.2, 0.25) is 0 Å². The third-order valence-electron chi connectivity index (χ3n) is 2.73. The van der Waals surface area contributed by atoms with Crippen LogP contribution in [0, 0.1) is 12.7 Å². The fourth-order valence-electron chi connectivity index (χ4n) is 1.68. The highest BCUT2D eigenvalue weighted by Gasteiger charge is 2.10. The summed E-state index contributed by atoms with van der Waals surface area (Å²) in [5, 5.41) is 2.67. The Labute approximate surface area is 124 Å². The maximum atomic E-state index is 13.5. The van der Waals surface area contributed by atoms with Gasteiger partial charge in [0.2, 0.25) is 5.91 Å². The lowest BCUT2D eigenvalue weighted by Crippen LogP contribution is -2.16. The summed E-state index contributed by atoms with van der Waals surface area (Å²) in [6.07, 6.45) is 1.60. The zero-order chi connectivity index (χ0) is 14.7. The summed E-state index contributed by atoms with van der Waals surface area (Å²) in [4.78, 5) is 15.9. The van der Waals surface area contributed by atoms with E-state index in [1.165, 1.54) is 12.3 Å². The van der Waals surface area contributed by atoms with Gasteiger partial charge in [-0.2, -0.15) is 0 Å². The molecule has 0 atom stereocenters. The lowest BCUT2D eigenvalue weighted by atomic mass is 10.2. The van der Waals surface area contributed by atoms with Gasteiger partial charge in [0.15, 0.2) is 0 Å². The van der Waals surface area contributed by atoms with Crippen LogP contribution in [0.4, 0.5) is 15.8 Å². The molecule has 0 unspecified atom stereocenters. The van der Waals surface area contributed by atoms with Crippen molar-refractivity contribution in [2.24, 2.45) is 0 Å².